The lowest BCUT2D eigenvalue weighted by Crippen LogP contribution is -2.33. The van der Waals surface area contributed by atoms with Gasteiger partial charge in [-0.1, -0.05) is 0 Å². The fourth-order valence-electron chi connectivity index (χ4n) is 2.59. The molecule has 2 rings (SSSR count). The molecule has 0 aliphatic carbocycles. The molecule has 0 saturated carbocycles. The number of hydrogen-bond acceptors (Lipinski definition) is 4. The van der Waals surface area contributed by atoms with E-state index in [1.165, 1.54) is 35.6 Å². The maximum Gasteiger partial charge on any atom is 0.253 e. The molecule has 1 heterocycles. The number of aryl methyl sites for hydroxylation is 2. The number of nitrogens with zero attached hydrogens (tertiary/aromatic N) is 1. The Labute approximate surface area is 159 Å². The Bertz CT molecular complexity index is 993. The number of aromatic nitrogens is 1. The van der Waals surface area contributed by atoms with Crippen molar-refractivity contribution in [3.05, 3.63) is 63.1 Å². The molecule has 8 heteroatoms. The van der Waals surface area contributed by atoms with Crippen molar-refractivity contribution in [3.63, 3.8) is 0 Å². The number of sulfonamides is 1. The summed E-state index contributed by atoms with van der Waals surface area (Å²) in [7, 11) is -2.08. The number of pyridine rings is 1. The Balaban J connectivity index is 2.14. The Hall–Kier alpha value is -2.45. The smallest absolute Gasteiger partial charge is 0.253 e. The molecule has 7 nitrogen and oxygen atoms in total. The summed E-state index contributed by atoms with van der Waals surface area (Å²) < 4.78 is 26.2. The predicted molar refractivity (Wildman–Crippen MR) is 104 cm³/mol. The third kappa shape index (κ3) is 4.64. The quantitative estimate of drug-likeness (QED) is 0.786. The minimum atomic E-state index is -3.60. The molecule has 146 valence electrons. The number of rotatable bonds is 6. The fourth-order valence-corrected chi connectivity index (χ4v) is 3.96. The van der Waals surface area contributed by atoms with E-state index in [1.807, 2.05) is 13.0 Å². The summed E-state index contributed by atoms with van der Waals surface area (Å²) in [5.74, 6) is -0.379. The lowest BCUT2D eigenvalue weighted by atomic mass is 10.1. The van der Waals surface area contributed by atoms with E-state index in [0.717, 1.165) is 11.3 Å². The van der Waals surface area contributed by atoms with Crippen molar-refractivity contribution in [1.82, 2.24) is 14.6 Å². The van der Waals surface area contributed by atoms with Crippen LogP contribution in [0.2, 0.25) is 0 Å². The molecule has 0 aliphatic rings. The average Bonchev–Trinajstić information content (AvgIpc) is 2.59. The zero-order valence-electron chi connectivity index (χ0n) is 16.2. The molecular formula is C19H25N3O4S. The number of aromatic amines is 1. The molecule has 0 unspecified atom stereocenters. The topological polar surface area (TPSA) is 99.3 Å². The number of H-pyrrole nitrogens is 1. The molecule has 27 heavy (non-hydrogen) atoms. The standard InChI is InChI=1S/C19H25N3O4S/c1-12(2)22(5)27(25,26)16-8-6-15(7-9-16)18(23)20-11-17-13(3)10-14(4)21-19(17)24/h6-10,12H,11H2,1-5H3,(H,20,23)(H,21,24). The molecule has 2 aromatic rings. The summed E-state index contributed by atoms with van der Waals surface area (Å²) in [5, 5.41) is 2.70. The van der Waals surface area contributed by atoms with Gasteiger partial charge in [0, 0.05) is 36.5 Å². The van der Waals surface area contributed by atoms with E-state index in [0.29, 0.717) is 11.1 Å². The van der Waals surface area contributed by atoms with Crippen molar-refractivity contribution in [2.75, 3.05) is 7.05 Å². The Morgan fingerprint density at radius 2 is 1.78 bits per heavy atom. The highest BCUT2D eigenvalue weighted by Crippen LogP contribution is 2.17. The molecule has 0 fully saturated rings. The van der Waals surface area contributed by atoms with Crippen LogP contribution in [-0.4, -0.2) is 36.7 Å². The van der Waals surface area contributed by atoms with Crippen molar-refractivity contribution in [2.24, 2.45) is 0 Å². The fraction of sp³-hybridized carbons (Fsp3) is 0.368. The predicted octanol–water partition coefficient (Wildman–Crippen LogP) is 1.95. The largest absolute Gasteiger partial charge is 0.348 e. The second kappa shape index (κ2) is 8.06. The van der Waals surface area contributed by atoms with Gasteiger partial charge in [-0.15, -0.1) is 0 Å². The van der Waals surface area contributed by atoms with Crippen molar-refractivity contribution in [3.8, 4) is 0 Å². The molecular weight excluding hydrogens is 366 g/mol. The van der Waals surface area contributed by atoms with Crippen LogP contribution in [-0.2, 0) is 16.6 Å². The van der Waals surface area contributed by atoms with Crippen LogP contribution < -0.4 is 10.9 Å². The van der Waals surface area contributed by atoms with Crippen LogP contribution in [0.4, 0.5) is 0 Å². The van der Waals surface area contributed by atoms with Gasteiger partial charge in [-0.25, -0.2) is 8.42 Å². The van der Waals surface area contributed by atoms with Gasteiger partial charge in [-0.2, -0.15) is 4.31 Å². The summed E-state index contributed by atoms with van der Waals surface area (Å²) in [6.07, 6.45) is 0. The van der Waals surface area contributed by atoms with E-state index in [-0.39, 0.29) is 28.9 Å². The molecule has 0 aliphatic heterocycles. The van der Waals surface area contributed by atoms with Crippen LogP contribution in [0.3, 0.4) is 0 Å². The molecule has 0 bridgehead atoms. The normalized spacial score (nSPS) is 11.8. The Morgan fingerprint density at radius 1 is 1.19 bits per heavy atom. The monoisotopic (exact) mass is 391 g/mol. The van der Waals surface area contributed by atoms with Crippen molar-refractivity contribution in [1.29, 1.82) is 0 Å². The molecule has 1 amide bonds. The second-order valence-corrected chi connectivity index (χ2v) is 8.76. The zero-order valence-corrected chi connectivity index (χ0v) is 17.0. The first-order chi connectivity index (χ1) is 12.5. The zero-order chi connectivity index (χ0) is 20.4. The Kier molecular flexibility index (Phi) is 6.22. The molecule has 0 spiro atoms. The van der Waals surface area contributed by atoms with E-state index in [9.17, 15) is 18.0 Å². The van der Waals surface area contributed by atoms with Gasteiger partial charge >= 0.3 is 0 Å². The van der Waals surface area contributed by atoms with E-state index in [2.05, 4.69) is 10.3 Å². The summed E-state index contributed by atoms with van der Waals surface area (Å²) in [5.41, 5.74) is 2.14. The maximum atomic E-state index is 12.5. The van der Waals surface area contributed by atoms with Gasteiger partial charge in [-0.05, 0) is 63.6 Å². The molecule has 1 aromatic heterocycles. The summed E-state index contributed by atoms with van der Waals surface area (Å²) in [6, 6.07) is 7.41. The first-order valence-electron chi connectivity index (χ1n) is 8.59. The van der Waals surface area contributed by atoms with Gasteiger partial charge in [0.25, 0.3) is 11.5 Å². The van der Waals surface area contributed by atoms with Crippen molar-refractivity contribution < 1.29 is 13.2 Å². The summed E-state index contributed by atoms with van der Waals surface area (Å²) >= 11 is 0. The van der Waals surface area contributed by atoms with Gasteiger partial charge in [-0.3, -0.25) is 9.59 Å². The number of nitrogens with one attached hydrogen (secondary N) is 2. The summed E-state index contributed by atoms with van der Waals surface area (Å²) in [6.45, 7) is 7.27. The van der Waals surface area contributed by atoms with Gasteiger partial charge in [0.05, 0.1) is 4.90 Å². The first-order valence-corrected chi connectivity index (χ1v) is 10.0. The molecule has 0 radical (unpaired) electrons. The number of benzene rings is 1. The lowest BCUT2D eigenvalue weighted by molar-refractivity contribution is 0.0950. The molecule has 2 N–H and O–H groups in total. The highest BCUT2D eigenvalue weighted by atomic mass is 32.2. The van der Waals surface area contributed by atoms with Crippen LogP contribution in [0.1, 0.15) is 41.0 Å². The second-order valence-electron chi connectivity index (χ2n) is 6.77. The number of amides is 1. The third-order valence-corrected chi connectivity index (χ3v) is 6.49. The van der Waals surface area contributed by atoms with Crippen molar-refractivity contribution in [2.45, 2.75) is 45.2 Å². The van der Waals surface area contributed by atoms with Crippen LogP contribution in [0.25, 0.3) is 0 Å². The lowest BCUT2D eigenvalue weighted by Gasteiger charge is -2.21. The van der Waals surface area contributed by atoms with E-state index < -0.39 is 10.0 Å². The van der Waals surface area contributed by atoms with Gasteiger partial charge < -0.3 is 10.3 Å². The first kappa shape index (κ1) is 20.9. The van der Waals surface area contributed by atoms with Crippen LogP contribution >= 0.6 is 0 Å². The number of hydrogen-bond donors (Lipinski definition) is 2. The van der Waals surface area contributed by atoms with E-state index in [1.54, 1.807) is 20.8 Å². The number of carbonyl (C=O) groups is 1. The molecule has 1 aromatic carbocycles. The van der Waals surface area contributed by atoms with E-state index in [4.69, 9.17) is 0 Å². The summed E-state index contributed by atoms with van der Waals surface area (Å²) in [4.78, 5) is 27.2. The van der Waals surface area contributed by atoms with Crippen LogP contribution in [0.5, 0.6) is 0 Å². The van der Waals surface area contributed by atoms with Crippen LogP contribution in [0, 0.1) is 13.8 Å². The van der Waals surface area contributed by atoms with Gasteiger partial charge in [0.2, 0.25) is 10.0 Å². The SMILES string of the molecule is Cc1cc(C)c(CNC(=O)c2ccc(S(=O)(=O)N(C)C(C)C)cc2)c(=O)[nH]1. The van der Waals surface area contributed by atoms with Crippen molar-refractivity contribution >= 4 is 15.9 Å². The highest BCUT2D eigenvalue weighted by molar-refractivity contribution is 7.89. The van der Waals surface area contributed by atoms with Gasteiger partial charge in [0.15, 0.2) is 0 Å². The van der Waals surface area contributed by atoms with Gasteiger partial charge in [0.1, 0.15) is 0 Å². The molecule has 0 saturated heterocycles. The average molecular weight is 391 g/mol. The number of carbonyl (C=O) groups excluding carboxylic acids is 1. The Morgan fingerprint density at radius 3 is 2.30 bits per heavy atom. The third-order valence-electron chi connectivity index (χ3n) is 4.44. The minimum absolute atomic E-state index is 0.0937. The molecule has 0 atom stereocenters. The highest BCUT2D eigenvalue weighted by Gasteiger charge is 2.23. The minimum Gasteiger partial charge on any atom is -0.348 e. The van der Waals surface area contributed by atoms with E-state index >= 15 is 0 Å². The van der Waals surface area contributed by atoms with Crippen LogP contribution in [0.15, 0.2) is 40.0 Å². The maximum absolute atomic E-state index is 12.5.